The number of benzene rings is 2. The fourth-order valence-electron chi connectivity index (χ4n) is 5.61. The molecule has 3 aromatic rings. The molecule has 0 radical (unpaired) electrons. The van der Waals surface area contributed by atoms with Crippen LogP contribution in [0.4, 0.5) is 13.2 Å². The van der Waals surface area contributed by atoms with E-state index >= 15 is 0 Å². The zero-order chi connectivity index (χ0) is 27.4. The summed E-state index contributed by atoms with van der Waals surface area (Å²) in [5.74, 6) is 1.16. The van der Waals surface area contributed by atoms with E-state index < -0.39 is 17.9 Å². The third-order valence-corrected chi connectivity index (χ3v) is 7.76. The van der Waals surface area contributed by atoms with Crippen LogP contribution in [0.2, 0.25) is 0 Å². The largest absolute Gasteiger partial charge is 0.490 e. The smallest absolute Gasteiger partial charge is 0.416 e. The van der Waals surface area contributed by atoms with Crippen LogP contribution in [0, 0.1) is 5.92 Å². The number of aromatic amines is 1. The second-order valence-corrected chi connectivity index (χ2v) is 10.4. The van der Waals surface area contributed by atoms with Gasteiger partial charge >= 0.3 is 6.18 Å². The second-order valence-electron chi connectivity index (χ2n) is 10.4. The van der Waals surface area contributed by atoms with Crippen molar-refractivity contribution in [3.05, 3.63) is 77.5 Å². The highest BCUT2D eigenvalue weighted by Gasteiger charge is 2.33. The van der Waals surface area contributed by atoms with E-state index in [2.05, 4.69) is 21.3 Å². The molecule has 208 valence electrons. The molecule has 0 spiro atoms. The molecular formula is C31H36F3N3O2. The molecular weight excluding hydrogens is 503 g/mol. The molecule has 1 atom stereocenters. The lowest BCUT2D eigenvalue weighted by Crippen LogP contribution is -2.39. The highest BCUT2D eigenvalue weighted by molar-refractivity contribution is 6.10. The molecule has 1 fully saturated rings. The quantitative estimate of drug-likeness (QED) is 0.292. The summed E-state index contributed by atoms with van der Waals surface area (Å²) in [5.41, 5.74) is 3.25. The summed E-state index contributed by atoms with van der Waals surface area (Å²) in [4.78, 5) is 5.51. The van der Waals surface area contributed by atoms with Gasteiger partial charge in [-0.05, 0) is 68.0 Å². The van der Waals surface area contributed by atoms with Crippen LogP contribution in [0.5, 0.6) is 5.75 Å². The van der Waals surface area contributed by atoms with Crippen molar-refractivity contribution < 1.29 is 23.0 Å². The molecule has 2 heterocycles. The number of nitrogens with zero attached hydrogens (tertiary/aromatic N) is 1. The van der Waals surface area contributed by atoms with Gasteiger partial charge in [-0.2, -0.15) is 13.2 Å². The second kappa shape index (κ2) is 11.9. The number of aliphatic hydroxyl groups is 1. The summed E-state index contributed by atoms with van der Waals surface area (Å²) in [5, 5.41) is 16.0. The minimum atomic E-state index is -4.35. The normalized spacial score (nSPS) is 18.1. The third-order valence-electron chi connectivity index (χ3n) is 7.76. The van der Waals surface area contributed by atoms with Crippen LogP contribution in [0.3, 0.4) is 0 Å². The van der Waals surface area contributed by atoms with E-state index in [0.717, 1.165) is 77.7 Å². The maximum Gasteiger partial charge on any atom is 0.416 e. The number of aliphatic hydroxyl groups excluding tert-OH is 1. The topological polar surface area (TPSA) is 60.5 Å². The van der Waals surface area contributed by atoms with E-state index in [0.29, 0.717) is 18.9 Å². The van der Waals surface area contributed by atoms with Gasteiger partial charge in [0.05, 0.1) is 11.1 Å². The fourth-order valence-corrected chi connectivity index (χ4v) is 5.61. The van der Waals surface area contributed by atoms with E-state index in [1.165, 1.54) is 12.2 Å². The van der Waals surface area contributed by atoms with Crippen molar-refractivity contribution in [2.24, 2.45) is 5.92 Å². The standard InChI is InChI=1S/C31H36F3N3O2/c1-2-22-7-5-8-23(31(32,33)34)17-28(22)37-15-13-21(14-16-37)18-35-19-24(38)20-39-29-12-6-11-27-30(29)25-9-3-4-10-26(25)36-27/h3-6,8-12,17,21,24,35-36,38H,2,7,13-16,18-20H2,1H3. The first kappa shape index (κ1) is 27.3. The Bertz CT molecular complexity index is 1380. The first-order valence-corrected chi connectivity index (χ1v) is 13.8. The molecule has 5 rings (SSSR count). The third kappa shape index (κ3) is 6.34. The SMILES string of the molecule is CCC1=C(N2CCC(CNCC(O)COc3cccc4[nH]c5ccccc5c34)CC2)C=C(C(F)(F)F)C=CC1. The summed E-state index contributed by atoms with van der Waals surface area (Å²) in [6.45, 7) is 4.81. The van der Waals surface area contributed by atoms with Crippen LogP contribution >= 0.6 is 0 Å². The molecule has 1 saturated heterocycles. The summed E-state index contributed by atoms with van der Waals surface area (Å²) in [6, 6.07) is 14.0. The Morgan fingerprint density at radius 1 is 1.10 bits per heavy atom. The molecule has 0 amide bonds. The van der Waals surface area contributed by atoms with E-state index in [4.69, 9.17) is 4.74 Å². The van der Waals surface area contributed by atoms with Crippen LogP contribution in [-0.4, -0.2) is 60.1 Å². The monoisotopic (exact) mass is 539 g/mol. The molecule has 3 N–H and O–H groups in total. The van der Waals surface area contributed by atoms with Crippen LogP contribution in [0.25, 0.3) is 21.8 Å². The Labute approximate surface area is 227 Å². The number of hydrogen-bond acceptors (Lipinski definition) is 4. The maximum absolute atomic E-state index is 13.4. The molecule has 0 saturated carbocycles. The summed E-state index contributed by atoms with van der Waals surface area (Å²) in [6.07, 6.45) is 2.22. The predicted molar refractivity (Wildman–Crippen MR) is 150 cm³/mol. The average Bonchev–Trinajstić information content (AvgIpc) is 3.16. The van der Waals surface area contributed by atoms with E-state index in [-0.39, 0.29) is 6.61 Å². The molecule has 1 aromatic heterocycles. The number of allylic oxidation sites excluding steroid dienone is 5. The number of likely N-dealkylation sites (tertiary alicyclic amines) is 1. The number of ether oxygens (including phenoxy) is 1. The van der Waals surface area contributed by atoms with Gasteiger partial charge in [0.25, 0.3) is 0 Å². The number of hydrogen-bond donors (Lipinski definition) is 3. The Morgan fingerprint density at radius 3 is 2.64 bits per heavy atom. The molecule has 5 nitrogen and oxygen atoms in total. The molecule has 2 aromatic carbocycles. The minimum absolute atomic E-state index is 0.180. The summed E-state index contributed by atoms with van der Waals surface area (Å²) < 4.78 is 46.3. The Kier molecular flexibility index (Phi) is 8.33. The number of rotatable bonds is 9. The van der Waals surface area contributed by atoms with Gasteiger partial charge in [0, 0.05) is 41.6 Å². The number of halogens is 3. The molecule has 1 unspecified atom stereocenters. The number of H-pyrrole nitrogens is 1. The number of fused-ring (bicyclic) bond motifs is 3. The Balaban J connectivity index is 1.10. The van der Waals surface area contributed by atoms with Gasteiger partial charge in [0.2, 0.25) is 0 Å². The molecule has 0 bridgehead atoms. The lowest BCUT2D eigenvalue weighted by atomic mass is 9.95. The minimum Gasteiger partial charge on any atom is -0.490 e. The lowest BCUT2D eigenvalue weighted by molar-refractivity contribution is -0.0883. The van der Waals surface area contributed by atoms with Crippen LogP contribution < -0.4 is 10.1 Å². The molecule has 39 heavy (non-hydrogen) atoms. The van der Waals surface area contributed by atoms with Crippen LogP contribution in [0.15, 0.2) is 77.5 Å². The van der Waals surface area contributed by atoms with Crippen molar-refractivity contribution in [1.82, 2.24) is 15.2 Å². The van der Waals surface area contributed by atoms with Crippen molar-refractivity contribution in [1.29, 1.82) is 0 Å². The van der Waals surface area contributed by atoms with Crippen LogP contribution in [-0.2, 0) is 0 Å². The van der Waals surface area contributed by atoms with Crippen molar-refractivity contribution in [3.8, 4) is 5.75 Å². The first-order valence-electron chi connectivity index (χ1n) is 13.8. The van der Waals surface area contributed by atoms with Gasteiger partial charge in [-0.15, -0.1) is 0 Å². The van der Waals surface area contributed by atoms with Crippen molar-refractivity contribution in [3.63, 3.8) is 0 Å². The van der Waals surface area contributed by atoms with Gasteiger partial charge in [-0.1, -0.05) is 43.3 Å². The average molecular weight is 540 g/mol. The van der Waals surface area contributed by atoms with Crippen molar-refractivity contribution in [2.45, 2.75) is 44.9 Å². The van der Waals surface area contributed by atoms with Gasteiger partial charge in [-0.25, -0.2) is 0 Å². The van der Waals surface area contributed by atoms with Crippen LogP contribution in [0.1, 0.15) is 32.6 Å². The molecule has 8 heteroatoms. The van der Waals surface area contributed by atoms with Gasteiger partial charge in [0.15, 0.2) is 0 Å². The van der Waals surface area contributed by atoms with Gasteiger partial charge < -0.3 is 25.0 Å². The Hall–Kier alpha value is -3.23. The van der Waals surface area contributed by atoms with E-state index in [1.54, 1.807) is 6.08 Å². The fraction of sp³-hybridized carbons (Fsp3) is 0.419. The lowest BCUT2D eigenvalue weighted by Gasteiger charge is -2.36. The maximum atomic E-state index is 13.4. The molecule has 1 aliphatic heterocycles. The van der Waals surface area contributed by atoms with E-state index in [1.807, 2.05) is 43.3 Å². The summed E-state index contributed by atoms with van der Waals surface area (Å²) >= 11 is 0. The number of para-hydroxylation sites is 1. The Morgan fingerprint density at radius 2 is 1.87 bits per heavy atom. The van der Waals surface area contributed by atoms with E-state index in [9.17, 15) is 18.3 Å². The first-order chi connectivity index (χ1) is 18.8. The van der Waals surface area contributed by atoms with Gasteiger partial charge in [-0.3, -0.25) is 0 Å². The summed E-state index contributed by atoms with van der Waals surface area (Å²) in [7, 11) is 0. The molecule has 1 aliphatic carbocycles. The zero-order valence-corrected chi connectivity index (χ0v) is 22.2. The number of aromatic nitrogens is 1. The zero-order valence-electron chi connectivity index (χ0n) is 22.2. The van der Waals surface area contributed by atoms with Crippen molar-refractivity contribution >= 4 is 21.8 Å². The molecule has 2 aliphatic rings. The van der Waals surface area contributed by atoms with Crippen molar-refractivity contribution in [2.75, 3.05) is 32.8 Å². The highest BCUT2D eigenvalue weighted by atomic mass is 19.4. The highest BCUT2D eigenvalue weighted by Crippen LogP contribution is 2.35. The van der Waals surface area contributed by atoms with Gasteiger partial charge in [0.1, 0.15) is 18.5 Å². The number of nitrogens with one attached hydrogen (secondary N) is 2. The number of alkyl halides is 3. The predicted octanol–water partition coefficient (Wildman–Crippen LogP) is 6.48. The number of piperidine rings is 1.